The van der Waals surface area contributed by atoms with Gasteiger partial charge in [-0.3, -0.25) is 4.72 Å². The molecule has 0 saturated carbocycles. The zero-order chi connectivity index (χ0) is 13.9. The molecule has 0 saturated heterocycles. The van der Waals surface area contributed by atoms with Crippen molar-refractivity contribution in [1.82, 2.24) is 4.98 Å². The Bertz CT molecular complexity index is 690. The van der Waals surface area contributed by atoms with Gasteiger partial charge >= 0.3 is 0 Å². The van der Waals surface area contributed by atoms with Crippen LogP contribution in [-0.4, -0.2) is 19.7 Å². The Hall–Kier alpha value is -1.24. The number of hydrogen-bond donors (Lipinski definition) is 1. The summed E-state index contributed by atoms with van der Waals surface area (Å²) < 4.78 is 26.8. The van der Waals surface area contributed by atoms with Crippen molar-refractivity contribution in [2.45, 2.75) is 9.79 Å². The third kappa shape index (κ3) is 3.40. The number of hydrogen-bond acceptors (Lipinski definition) is 4. The van der Waals surface area contributed by atoms with Crippen molar-refractivity contribution in [3.05, 3.63) is 47.7 Å². The van der Waals surface area contributed by atoms with Crippen LogP contribution in [0.1, 0.15) is 0 Å². The van der Waals surface area contributed by atoms with Gasteiger partial charge in [0.2, 0.25) is 0 Å². The molecule has 0 aliphatic heterocycles. The molecule has 2 rings (SSSR count). The van der Waals surface area contributed by atoms with Crippen molar-refractivity contribution in [3.63, 3.8) is 0 Å². The second-order valence-corrected chi connectivity index (χ2v) is 6.52. The molecule has 0 spiro atoms. The van der Waals surface area contributed by atoms with Gasteiger partial charge in [-0.15, -0.1) is 11.8 Å². The third-order valence-corrected chi connectivity index (χ3v) is 4.89. The summed E-state index contributed by atoms with van der Waals surface area (Å²) in [4.78, 5) is 4.70. The number of sulfonamides is 1. The standard InChI is InChI=1S/C12H11ClN2O2S2/c1-18-10-5-2-4-9(8-10)15-19(16,17)11-6-3-7-14-12(11)13/h2-8,15H,1H3. The second kappa shape index (κ2) is 5.81. The largest absolute Gasteiger partial charge is 0.279 e. The van der Waals surface area contributed by atoms with E-state index in [9.17, 15) is 8.42 Å². The fraction of sp³-hybridized carbons (Fsp3) is 0.0833. The van der Waals surface area contributed by atoms with Crippen LogP contribution in [0.15, 0.2) is 52.4 Å². The van der Waals surface area contributed by atoms with Gasteiger partial charge in [0.1, 0.15) is 10.0 Å². The molecule has 0 aliphatic rings. The first-order chi connectivity index (χ1) is 9.03. The molecule has 0 radical (unpaired) electrons. The molecule has 1 aromatic carbocycles. The highest BCUT2D eigenvalue weighted by Gasteiger charge is 2.18. The van der Waals surface area contributed by atoms with E-state index >= 15 is 0 Å². The van der Waals surface area contributed by atoms with Crippen LogP contribution >= 0.6 is 23.4 Å². The lowest BCUT2D eigenvalue weighted by atomic mass is 10.3. The zero-order valence-corrected chi connectivity index (χ0v) is 12.4. The van der Waals surface area contributed by atoms with Gasteiger partial charge in [0.05, 0.1) is 0 Å². The Labute approximate surface area is 121 Å². The van der Waals surface area contributed by atoms with Crippen molar-refractivity contribution >= 4 is 39.1 Å². The van der Waals surface area contributed by atoms with Crippen LogP contribution in [0.25, 0.3) is 0 Å². The van der Waals surface area contributed by atoms with Crippen molar-refractivity contribution < 1.29 is 8.42 Å². The molecule has 0 bridgehead atoms. The van der Waals surface area contributed by atoms with Crippen molar-refractivity contribution in [1.29, 1.82) is 0 Å². The van der Waals surface area contributed by atoms with Crippen molar-refractivity contribution in [3.8, 4) is 0 Å². The molecule has 1 N–H and O–H groups in total. The number of nitrogens with one attached hydrogen (secondary N) is 1. The quantitative estimate of drug-likeness (QED) is 0.695. The fourth-order valence-electron chi connectivity index (χ4n) is 1.47. The van der Waals surface area contributed by atoms with E-state index in [1.54, 1.807) is 18.2 Å². The van der Waals surface area contributed by atoms with E-state index in [1.807, 2.05) is 12.3 Å². The van der Waals surface area contributed by atoms with E-state index in [4.69, 9.17) is 11.6 Å². The molecule has 4 nitrogen and oxygen atoms in total. The van der Waals surface area contributed by atoms with E-state index in [1.165, 1.54) is 30.1 Å². The van der Waals surface area contributed by atoms with E-state index in [0.717, 1.165) is 4.90 Å². The lowest BCUT2D eigenvalue weighted by Crippen LogP contribution is -2.13. The monoisotopic (exact) mass is 314 g/mol. The number of pyridine rings is 1. The number of halogens is 1. The topological polar surface area (TPSA) is 59.1 Å². The van der Waals surface area contributed by atoms with Gasteiger partial charge < -0.3 is 0 Å². The molecule has 2 aromatic rings. The maximum absolute atomic E-state index is 12.2. The Balaban J connectivity index is 2.34. The first kappa shape index (κ1) is 14.2. The lowest BCUT2D eigenvalue weighted by Gasteiger charge is -2.09. The molecule has 100 valence electrons. The number of nitrogens with zero attached hydrogens (tertiary/aromatic N) is 1. The van der Waals surface area contributed by atoms with Crippen LogP contribution in [0.5, 0.6) is 0 Å². The number of thioether (sulfide) groups is 1. The minimum atomic E-state index is -3.72. The molecule has 1 aromatic heterocycles. The summed E-state index contributed by atoms with van der Waals surface area (Å²) in [6.45, 7) is 0. The summed E-state index contributed by atoms with van der Waals surface area (Å²) in [6.07, 6.45) is 3.36. The summed E-state index contributed by atoms with van der Waals surface area (Å²) in [5.41, 5.74) is 0.492. The second-order valence-electron chi connectivity index (χ2n) is 3.63. The molecule has 0 fully saturated rings. The third-order valence-electron chi connectivity index (χ3n) is 2.34. The zero-order valence-electron chi connectivity index (χ0n) is 10.00. The summed E-state index contributed by atoms with van der Waals surface area (Å²) in [6, 6.07) is 10.1. The number of aromatic nitrogens is 1. The van der Waals surface area contributed by atoms with Crippen molar-refractivity contribution in [2.75, 3.05) is 11.0 Å². The van der Waals surface area contributed by atoms with Crippen LogP contribution in [0, 0.1) is 0 Å². The molecule has 0 unspecified atom stereocenters. The first-order valence-corrected chi connectivity index (χ1v) is 8.39. The molecule has 7 heteroatoms. The van der Waals surface area contributed by atoms with E-state index in [-0.39, 0.29) is 10.0 Å². The minimum Gasteiger partial charge on any atom is -0.279 e. The summed E-state index contributed by atoms with van der Waals surface area (Å²) in [5.74, 6) is 0. The summed E-state index contributed by atoms with van der Waals surface area (Å²) >= 11 is 7.33. The SMILES string of the molecule is CSc1cccc(NS(=O)(=O)c2cccnc2Cl)c1. The van der Waals surface area contributed by atoms with Gasteiger partial charge in [0, 0.05) is 16.8 Å². The van der Waals surface area contributed by atoms with Gasteiger partial charge in [0.25, 0.3) is 10.0 Å². The highest BCUT2D eigenvalue weighted by atomic mass is 35.5. The van der Waals surface area contributed by atoms with Gasteiger partial charge in [0.15, 0.2) is 0 Å². The predicted molar refractivity (Wildman–Crippen MR) is 78.3 cm³/mol. The Kier molecular flexibility index (Phi) is 4.34. The maximum Gasteiger partial charge on any atom is 0.264 e. The van der Waals surface area contributed by atoms with Crippen molar-refractivity contribution in [2.24, 2.45) is 0 Å². The van der Waals surface area contributed by atoms with E-state index in [2.05, 4.69) is 9.71 Å². The maximum atomic E-state index is 12.2. The van der Waals surface area contributed by atoms with Gasteiger partial charge in [-0.1, -0.05) is 17.7 Å². The average Bonchev–Trinajstić information content (AvgIpc) is 2.38. The van der Waals surface area contributed by atoms with Gasteiger partial charge in [-0.2, -0.15) is 0 Å². The number of anilines is 1. The summed E-state index contributed by atoms with van der Waals surface area (Å²) in [5, 5.41) is -0.0454. The molecular weight excluding hydrogens is 304 g/mol. The van der Waals surface area contributed by atoms with Crippen LogP contribution in [0.3, 0.4) is 0 Å². The fourth-order valence-corrected chi connectivity index (χ4v) is 3.43. The Morgan fingerprint density at radius 3 is 2.74 bits per heavy atom. The Morgan fingerprint density at radius 2 is 2.05 bits per heavy atom. The molecule has 0 aliphatic carbocycles. The smallest absolute Gasteiger partial charge is 0.264 e. The lowest BCUT2D eigenvalue weighted by molar-refractivity contribution is 0.601. The number of rotatable bonds is 4. The van der Waals surface area contributed by atoms with E-state index < -0.39 is 10.0 Å². The normalized spacial score (nSPS) is 11.3. The molecule has 0 atom stereocenters. The Morgan fingerprint density at radius 1 is 1.26 bits per heavy atom. The number of benzene rings is 1. The van der Waals surface area contributed by atoms with Crippen LogP contribution in [0.4, 0.5) is 5.69 Å². The molecule has 1 heterocycles. The first-order valence-electron chi connectivity index (χ1n) is 5.30. The molecule has 0 amide bonds. The van der Waals surface area contributed by atoms with Gasteiger partial charge in [-0.25, -0.2) is 13.4 Å². The summed E-state index contributed by atoms with van der Waals surface area (Å²) in [7, 11) is -3.72. The van der Waals surface area contributed by atoms with Crippen LogP contribution in [-0.2, 0) is 10.0 Å². The highest BCUT2D eigenvalue weighted by Crippen LogP contribution is 2.24. The van der Waals surface area contributed by atoms with Gasteiger partial charge in [-0.05, 0) is 36.6 Å². The van der Waals surface area contributed by atoms with E-state index in [0.29, 0.717) is 5.69 Å². The average molecular weight is 315 g/mol. The molecular formula is C12H11ClN2O2S2. The molecule has 19 heavy (non-hydrogen) atoms. The highest BCUT2D eigenvalue weighted by molar-refractivity contribution is 7.98. The van der Waals surface area contributed by atoms with Crippen LogP contribution in [0.2, 0.25) is 5.15 Å². The van der Waals surface area contributed by atoms with Crippen LogP contribution < -0.4 is 4.72 Å². The minimum absolute atomic E-state index is 0.0359. The predicted octanol–water partition coefficient (Wildman–Crippen LogP) is 3.26.